The van der Waals surface area contributed by atoms with Gasteiger partial charge in [-0.05, 0) is 93.2 Å². The molecule has 3 heterocycles. The van der Waals surface area contributed by atoms with Crippen molar-refractivity contribution in [2.75, 3.05) is 0 Å². The van der Waals surface area contributed by atoms with E-state index in [-0.39, 0.29) is 40.8 Å². The van der Waals surface area contributed by atoms with Gasteiger partial charge in [0.2, 0.25) is 0 Å². The molecule has 6 aliphatic rings. The molecule has 0 aromatic heterocycles. The van der Waals surface area contributed by atoms with Crippen LogP contribution in [0.4, 0.5) is 0 Å². The summed E-state index contributed by atoms with van der Waals surface area (Å²) in [5.41, 5.74) is -0.952. The molecule has 1 aromatic carbocycles. The van der Waals surface area contributed by atoms with Crippen LogP contribution in [-0.2, 0) is 20.7 Å². The number of hydrogen-bond acceptors (Lipinski definition) is 7. The van der Waals surface area contributed by atoms with E-state index < -0.39 is 40.1 Å². The summed E-state index contributed by atoms with van der Waals surface area (Å²) in [7, 11) is 0. The van der Waals surface area contributed by atoms with Crippen molar-refractivity contribution in [1.82, 2.24) is 0 Å². The van der Waals surface area contributed by atoms with Crippen molar-refractivity contribution in [3.8, 4) is 17.2 Å². The maximum atomic E-state index is 14.7. The Hall–Kier alpha value is -3.91. The number of rotatable bonds is 8. The first-order valence-corrected chi connectivity index (χ1v) is 16.2. The molecule has 4 bridgehead atoms. The fourth-order valence-corrected chi connectivity index (χ4v) is 8.17. The van der Waals surface area contributed by atoms with Gasteiger partial charge in [-0.2, -0.15) is 0 Å². The van der Waals surface area contributed by atoms with Crippen LogP contribution in [0.1, 0.15) is 103 Å². The molecule has 2 N–H and O–H groups in total. The van der Waals surface area contributed by atoms with Gasteiger partial charge in [0.1, 0.15) is 28.4 Å². The van der Waals surface area contributed by atoms with E-state index in [0.717, 1.165) is 12.0 Å². The Morgan fingerprint density at radius 2 is 1.70 bits per heavy atom. The molecule has 3 aliphatic heterocycles. The number of ketones is 2. The average molecular weight is 629 g/mol. The zero-order chi connectivity index (χ0) is 33.6. The number of carboxylic acids is 1. The molecule has 5 atom stereocenters. The normalized spacial score (nSPS) is 31.2. The highest BCUT2D eigenvalue weighted by atomic mass is 16.6. The van der Waals surface area contributed by atoms with Gasteiger partial charge in [-0.25, -0.2) is 4.79 Å². The Labute approximate surface area is 270 Å². The summed E-state index contributed by atoms with van der Waals surface area (Å²) in [5.74, 6) is -2.28. The lowest BCUT2D eigenvalue weighted by Crippen LogP contribution is -2.72. The zero-order valence-corrected chi connectivity index (χ0v) is 28.0. The summed E-state index contributed by atoms with van der Waals surface area (Å²) in [4.78, 5) is 40.8. The SMILES string of the molecule is CC(C)=CCC[C@]1(C)C=Cc2c(O)c3c(c(CC=C(C)C)c2O1)O[C@]12C(=C[C@H]4C[C@@H]1C(C)(C)O[C@@]2(C/C=C(/C)C(=O)O)C4=O)C3=O. The number of carboxylic acid groups (broad SMARTS) is 1. The Bertz CT molecular complexity index is 1730. The van der Waals surface area contributed by atoms with Crippen molar-refractivity contribution >= 4 is 23.6 Å². The average Bonchev–Trinajstić information content (AvgIpc) is 3.12. The monoisotopic (exact) mass is 628 g/mol. The van der Waals surface area contributed by atoms with E-state index in [9.17, 15) is 24.6 Å². The summed E-state index contributed by atoms with van der Waals surface area (Å²) < 4.78 is 20.6. The van der Waals surface area contributed by atoms with Crippen LogP contribution in [0.3, 0.4) is 0 Å². The maximum Gasteiger partial charge on any atom is 0.330 e. The summed E-state index contributed by atoms with van der Waals surface area (Å²) in [6.45, 7) is 15.4. The van der Waals surface area contributed by atoms with E-state index in [2.05, 4.69) is 19.9 Å². The lowest BCUT2D eigenvalue weighted by atomic mass is 9.51. The number of Topliss-reactive ketones (excluding diaryl/α,β-unsaturated/α-hetero) is 2. The van der Waals surface area contributed by atoms with Gasteiger partial charge in [-0.15, -0.1) is 0 Å². The largest absolute Gasteiger partial charge is 0.506 e. The molecule has 46 heavy (non-hydrogen) atoms. The molecule has 244 valence electrons. The van der Waals surface area contributed by atoms with Gasteiger partial charge in [0.05, 0.1) is 11.2 Å². The van der Waals surface area contributed by atoms with E-state index in [1.165, 1.54) is 18.6 Å². The number of fused-ring (bicyclic) bond motifs is 2. The topological polar surface area (TPSA) is 119 Å². The molecular weight excluding hydrogens is 584 g/mol. The molecule has 0 radical (unpaired) electrons. The van der Waals surface area contributed by atoms with Gasteiger partial charge >= 0.3 is 5.97 Å². The standard InChI is InChI=1S/C38H44O8/c1-20(2)10-9-15-36(8)16-14-24-29(39)28-30(40)26-18-23-19-27-35(6,7)46-37(33(23)41,17-13-22(5)34(42)43)38(26,27)45-32(28)25(31(24)44-36)12-11-21(3)4/h10-11,13-14,16,18,23,27,39H,9,12,15,17,19H2,1-8H3,(H,42,43)/b22-13-/t23-,27+,36+,37-,38+/m0/s1. The second kappa shape index (κ2) is 10.6. The van der Waals surface area contributed by atoms with Gasteiger partial charge in [0.15, 0.2) is 22.8 Å². The molecule has 8 nitrogen and oxygen atoms in total. The number of benzene rings is 1. The van der Waals surface area contributed by atoms with E-state index >= 15 is 0 Å². The summed E-state index contributed by atoms with van der Waals surface area (Å²) >= 11 is 0. The van der Waals surface area contributed by atoms with Crippen LogP contribution in [0.5, 0.6) is 17.2 Å². The molecule has 8 heteroatoms. The van der Waals surface area contributed by atoms with E-state index in [1.54, 1.807) is 6.08 Å². The van der Waals surface area contributed by atoms with Crippen molar-refractivity contribution in [2.45, 2.75) is 110 Å². The fourth-order valence-electron chi connectivity index (χ4n) is 8.17. The predicted molar refractivity (Wildman–Crippen MR) is 174 cm³/mol. The first-order valence-electron chi connectivity index (χ1n) is 16.2. The number of carbonyl (C=O) groups is 3. The van der Waals surface area contributed by atoms with Crippen molar-refractivity contribution in [3.63, 3.8) is 0 Å². The highest BCUT2D eigenvalue weighted by molar-refractivity contribution is 6.19. The quantitative estimate of drug-likeness (QED) is 0.228. The Balaban J connectivity index is 1.59. The predicted octanol–water partition coefficient (Wildman–Crippen LogP) is 7.24. The molecule has 1 spiro atoms. The molecule has 0 unspecified atom stereocenters. The van der Waals surface area contributed by atoms with Gasteiger partial charge in [-0.1, -0.05) is 35.5 Å². The number of phenols is 1. The van der Waals surface area contributed by atoms with Gasteiger partial charge < -0.3 is 24.4 Å². The Morgan fingerprint density at radius 3 is 2.35 bits per heavy atom. The maximum absolute atomic E-state index is 14.7. The smallest absolute Gasteiger partial charge is 0.330 e. The van der Waals surface area contributed by atoms with E-state index in [1.807, 2.05) is 52.8 Å². The van der Waals surface area contributed by atoms with Crippen molar-refractivity contribution in [3.05, 3.63) is 69.4 Å². The minimum absolute atomic E-state index is 0.0544. The second-order valence-corrected chi connectivity index (χ2v) is 14.8. The lowest BCUT2D eigenvalue weighted by molar-refractivity contribution is -0.171. The third kappa shape index (κ3) is 4.47. The van der Waals surface area contributed by atoms with E-state index in [0.29, 0.717) is 41.7 Å². The molecule has 0 amide bonds. The number of hydrogen-bond donors (Lipinski definition) is 2. The van der Waals surface area contributed by atoms with Crippen LogP contribution < -0.4 is 9.47 Å². The number of aliphatic carboxylic acids is 1. The van der Waals surface area contributed by atoms with Gasteiger partial charge in [-0.3, -0.25) is 9.59 Å². The molecule has 1 aromatic rings. The number of phenolic OH excluding ortho intramolecular Hbond substituents is 1. The first-order chi connectivity index (χ1) is 21.5. The number of allylic oxidation sites excluding steroid dienone is 5. The first kappa shape index (κ1) is 32.0. The van der Waals surface area contributed by atoms with Crippen LogP contribution in [0.2, 0.25) is 0 Å². The van der Waals surface area contributed by atoms with Crippen molar-refractivity contribution in [1.29, 1.82) is 0 Å². The lowest BCUT2D eigenvalue weighted by Gasteiger charge is -2.56. The molecule has 7 rings (SSSR count). The molecule has 1 saturated heterocycles. The van der Waals surface area contributed by atoms with Crippen molar-refractivity contribution < 1.29 is 38.8 Å². The molecular formula is C38H44O8. The second-order valence-electron chi connectivity index (χ2n) is 14.8. The van der Waals surface area contributed by atoms with Crippen LogP contribution in [0.15, 0.2) is 52.7 Å². The van der Waals surface area contributed by atoms with Crippen LogP contribution in [-0.4, -0.2) is 50.2 Å². The van der Waals surface area contributed by atoms with Crippen LogP contribution in [0, 0.1) is 11.8 Å². The number of ether oxygens (including phenoxy) is 3. The van der Waals surface area contributed by atoms with Gasteiger partial charge in [0.25, 0.3) is 0 Å². The molecule has 2 fully saturated rings. The third-order valence-electron chi connectivity index (χ3n) is 10.5. The summed E-state index contributed by atoms with van der Waals surface area (Å²) in [6.07, 6.45) is 13.4. The zero-order valence-electron chi connectivity index (χ0n) is 28.0. The highest BCUT2D eigenvalue weighted by Crippen LogP contribution is 2.68. The minimum atomic E-state index is -1.63. The van der Waals surface area contributed by atoms with Gasteiger partial charge in [0, 0.05) is 35.0 Å². The summed E-state index contributed by atoms with van der Waals surface area (Å²) in [6, 6.07) is 0. The third-order valence-corrected chi connectivity index (χ3v) is 10.5. The van der Waals surface area contributed by atoms with Crippen LogP contribution in [0.25, 0.3) is 6.08 Å². The number of carbonyl (C=O) groups excluding carboxylic acids is 2. The van der Waals surface area contributed by atoms with Crippen LogP contribution >= 0.6 is 0 Å². The number of aromatic hydroxyl groups is 1. The van der Waals surface area contributed by atoms with E-state index in [4.69, 9.17) is 14.2 Å². The van der Waals surface area contributed by atoms with Crippen molar-refractivity contribution in [2.24, 2.45) is 11.8 Å². The minimum Gasteiger partial charge on any atom is -0.506 e. The molecule has 1 saturated carbocycles. The highest BCUT2D eigenvalue weighted by Gasteiger charge is 2.81. The Kier molecular flexibility index (Phi) is 7.36. The summed E-state index contributed by atoms with van der Waals surface area (Å²) in [5, 5.41) is 21.4. The fraction of sp³-hybridized carbons (Fsp3) is 0.500. The Morgan fingerprint density at radius 1 is 1.00 bits per heavy atom. The molecule has 3 aliphatic carbocycles.